The molecule has 152 valence electrons. The van der Waals surface area contributed by atoms with Crippen molar-refractivity contribution in [2.24, 2.45) is 5.41 Å². The van der Waals surface area contributed by atoms with Crippen LogP contribution >= 0.6 is 0 Å². The number of aliphatic hydroxyl groups is 1. The van der Waals surface area contributed by atoms with E-state index in [0.717, 1.165) is 0 Å². The fourth-order valence-corrected chi connectivity index (χ4v) is 4.22. The number of piperidine rings is 1. The lowest BCUT2D eigenvalue weighted by Crippen LogP contribution is -2.49. The number of anilines is 1. The third-order valence-electron chi connectivity index (χ3n) is 5.80. The van der Waals surface area contributed by atoms with Gasteiger partial charge in [-0.25, -0.2) is 9.18 Å². The minimum atomic E-state index is -1.32. The maximum Gasteiger partial charge on any atom is 0.341 e. The van der Waals surface area contributed by atoms with Gasteiger partial charge in [-0.15, -0.1) is 0 Å². The number of carbonyl (C=O) groups is 1. The Bertz CT molecular complexity index is 996. The molecule has 2 heterocycles. The van der Waals surface area contributed by atoms with Crippen molar-refractivity contribution in [1.29, 1.82) is 0 Å². The van der Waals surface area contributed by atoms with Crippen molar-refractivity contribution in [2.75, 3.05) is 18.0 Å². The molecule has 0 saturated carbocycles. The van der Waals surface area contributed by atoms with Crippen LogP contribution in [0.4, 0.5) is 10.1 Å². The molecular weight excluding hydrogens is 363 g/mol. The van der Waals surface area contributed by atoms with Crippen molar-refractivity contribution in [1.82, 2.24) is 4.57 Å². The van der Waals surface area contributed by atoms with E-state index in [4.69, 9.17) is 0 Å². The molecule has 28 heavy (non-hydrogen) atoms. The summed E-state index contributed by atoms with van der Waals surface area (Å²) in [6, 6.07) is 1.17. The van der Waals surface area contributed by atoms with Gasteiger partial charge in [-0.05, 0) is 25.8 Å². The Hall–Kier alpha value is -2.41. The SMILES string of the molecule is CCc1c(N2CCC(O)C(C)(C)C2)c(F)cc2c(=O)c(C(=O)O)cn(CC)c12. The van der Waals surface area contributed by atoms with E-state index in [1.807, 2.05) is 32.6 Å². The highest BCUT2D eigenvalue weighted by Gasteiger charge is 2.36. The van der Waals surface area contributed by atoms with Gasteiger partial charge in [0, 0.05) is 42.2 Å². The molecule has 1 unspecified atom stereocenters. The number of hydrogen-bond acceptors (Lipinski definition) is 4. The number of hydrogen-bond donors (Lipinski definition) is 2. The van der Waals surface area contributed by atoms with Crippen LogP contribution in [-0.2, 0) is 13.0 Å². The number of carboxylic acid groups (broad SMARTS) is 1. The normalized spacial score (nSPS) is 19.2. The molecular formula is C21H27FN2O4. The Kier molecular flexibility index (Phi) is 5.23. The molecule has 1 aromatic heterocycles. The van der Waals surface area contributed by atoms with Crippen LogP contribution in [0.5, 0.6) is 0 Å². The molecule has 1 fully saturated rings. The monoisotopic (exact) mass is 390 g/mol. The van der Waals surface area contributed by atoms with E-state index in [0.29, 0.717) is 49.2 Å². The van der Waals surface area contributed by atoms with Crippen molar-refractivity contribution < 1.29 is 19.4 Å². The highest BCUT2D eigenvalue weighted by atomic mass is 19.1. The highest BCUT2D eigenvalue weighted by Crippen LogP contribution is 2.37. The number of aliphatic hydroxyl groups excluding tert-OH is 1. The van der Waals surface area contributed by atoms with Crippen LogP contribution in [0.2, 0.25) is 0 Å². The number of nitrogens with zero attached hydrogens (tertiary/aromatic N) is 2. The van der Waals surface area contributed by atoms with Crippen LogP contribution in [-0.4, -0.2) is 39.9 Å². The average Bonchev–Trinajstić information content (AvgIpc) is 2.63. The third kappa shape index (κ3) is 3.17. The zero-order valence-corrected chi connectivity index (χ0v) is 16.8. The van der Waals surface area contributed by atoms with Crippen LogP contribution < -0.4 is 10.3 Å². The summed E-state index contributed by atoms with van der Waals surface area (Å²) in [5, 5.41) is 19.7. The zero-order chi connectivity index (χ0) is 20.8. The molecule has 0 radical (unpaired) electrons. The van der Waals surface area contributed by atoms with E-state index < -0.39 is 23.3 Å². The first-order valence-corrected chi connectivity index (χ1v) is 9.67. The van der Waals surface area contributed by atoms with Gasteiger partial charge in [0.15, 0.2) is 0 Å². The number of aromatic nitrogens is 1. The standard InChI is InChI=1S/C21H27FN2O4/c1-5-12-17-13(19(26)14(20(27)28)10-23(17)6-2)9-15(22)18(12)24-8-7-16(25)21(3,4)11-24/h9-10,16,25H,5-8,11H2,1-4H3,(H,27,28). The van der Waals surface area contributed by atoms with Gasteiger partial charge >= 0.3 is 5.97 Å². The van der Waals surface area contributed by atoms with Crippen molar-refractivity contribution in [2.45, 2.75) is 53.2 Å². The Morgan fingerprint density at radius 2 is 2.04 bits per heavy atom. The zero-order valence-electron chi connectivity index (χ0n) is 16.8. The van der Waals surface area contributed by atoms with Gasteiger partial charge in [-0.2, -0.15) is 0 Å². The van der Waals surface area contributed by atoms with Gasteiger partial charge in [-0.1, -0.05) is 20.8 Å². The summed E-state index contributed by atoms with van der Waals surface area (Å²) >= 11 is 0. The molecule has 0 amide bonds. The minimum absolute atomic E-state index is 0.0937. The van der Waals surface area contributed by atoms with Crippen molar-refractivity contribution in [3.05, 3.63) is 39.4 Å². The molecule has 1 saturated heterocycles. The number of benzene rings is 1. The van der Waals surface area contributed by atoms with Gasteiger partial charge in [0.25, 0.3) is 0 Å². The van der Waals surface area contributed by atoms with Gasteiger partial charge in [-0.3, -0.25) is 4.79 Å². The van der Waals surface area contributed by atoms with Crippen LogP contribution in [0.15, 0.2) is 17.1 Å². The smallest absolute Gasteiger partial charge is 0.341 e. The molecule has 1 atom stereocenters. The molecule has 0 bridgehead atoms. The summed E-state index contributed by atoms with van der Waals surface area (Å²) < 4.78 is 17.0. The van der Waals surface area contributed by atoms with E-state index in [2.05, 4.69) is 0 Å². The topological polar surface area (TPSA) is 82.8 Å². The molecule has 3 rings (SSSR count). The lowest BCUT2D eigenvalue weighted by molar-refractivity contribution is 0.0334. The van der Waals surface area contributed by atoms with Crippen molar-refractivity contribution >= 4 is 22.6 Å². The predicted octanol–water partition coefficient (Wildman–Crippen LogP) is 3.02. The lowest BCUT2D eigenvalue weighted by Gasteiger charge is -2.43. The molecule has 1 aliphatic rings. The molecule has 6 nitrogen and oxygen atoms in total. The number of carboxylic acids is 1. The van der Waals surface area contributed by atoms with Gasteiger partial charge < -0.3 is 19.7 Å². The Morgan fingerprint density at radius 1 is 1.36 bits per heavy atom. The second-order valence-corrected chi connectivity index (χ2v) is 8.11. The van der Waals surface area contributed by atoms with E-state index >= 15 is 4.39 Å². The maximum atomic E-state index is 15.2. The first kappa shape index (κ1) is 20.3. The van der Waals surface area contributed by atoms with E-state index in [-0.39, 0.29) is 16.4 Å². The quantitative estimate of drug-likeness (QED) is 0.839. The Labute approximate surface area is 163 Å². The van der Waals surface area contributed by atoms with Gasteiger partial charge in [0.05, 0.1) is 17.3 Å². The predicted molar refractivity (Wildman–Crippen MR) is 107 cm³/mol. The van der Waals surface area contributed by atoms with Gasteiger partial charge in [0.2, 0.25) is 5.43 Å². The third-order valence-corrected chi connectivity index (χ3v) is 5.80. The average molecular weight is 390 g/mol. The number of aryl methyl sites for hydroxylation is 2. The summed E-state index contributed by atoms with van der Waals surface area (Å²) in [7, 11) is 0. The summed E-state index contributed by atoms with van der Waals surface area (Å²) in [4.78, 5) is 26.1. The second-order valence-electron chi connectivity index (χ2n) is 8.11. The summed E-state index contributed by atoms with van der Waals surface area (Å²) in [5.74, 6) is -1.85. The summed E-state index contributed by atoms with van der Waals surface area (Å²) in [5.41, 5.74) is 0.313. The first-order chi connectivity index (χ1) is 13.1. The van der Waals surface area contributed by atoms with E-state index in [1.165, 1.54) is 12.3 Å². The molecule has 2 aromatic rings. The number of fused-ring (bicyclic) bond motifs is 1. The summed E-state index contributed by atoms with van der Waals surface area (Å²) in [6.45, 7) is 9.14. The molecule has 0 aliphatic carbocycles. The molecule has 2 N–H and O–H groups in total. The second kappa shape index (κ2) is 7.20. The number of rotatable bonds is 4. The van der Waals surface area contributed by atoms with E-state index in [9.17, 15) is 19.8 Å². The lowest BCUT2D eigenvalue weighted by atomic mass is 9.80. The van der Waals surface area contributed by atoms with E-state index in [1.54, 1.807) is 4.57 Å². The first-order valence-electron chi connectivity index (χ1n) is 9.67. The number of halogens is 1. The fraction of sp³-hybridized carbons (Fsp3) is 0.524. The van der Waals surface area contributed by atoms with Crippen molar-refractivity contribution in [3.63, 3.8) is 0 Å². The molecule has 1 aliphatic heterocycles. The van der Waals surface area contributed by atoms with Gasteiger partial charge in [0.1, 0.15) is 11.4 Å². The molecule has 7 heteroatoms. The molecule has 1 aromatic carbocycles. The number of aromatic carboxylic acids is 1. The number of pyridine rings is 1. The van der Waals surface area contributed by atoms with Crippen LogP contribution in [0.25, 0.3) is 10.9 Å². The highest BCUT2D eigenvalue weighted by molar-refractivity contribution is 5.95. The van der Waals surface area contributed by atoms with Crippen molar-refractivity contribution in [3.8, 4) is 0 Å². The Balaban J connectivity index is 2.32. The summed E-state index contributed by atoms with van der Waals surface area (Å²) in [6.07, 6.45) is 1.92. The Morgan fingerprint density at radius 3 is 2.57 bits per heavy atom. The molecule has 0 spiro atoms. The minimum Gasteiger partial charge on any atom is -0.477 e. The van der Waals surface area contributed by atoms with Crippen LogP contribution in [0.3, 0.4) is 0 Å². The van der Waals surface area contributed by atoms with Crippen LogP contribution in [0.1, 0.15) is 50.0 Å². The fourth-order valence-electron chi connectivity index (χ4n) is 4.22. The largest absolute Gasteiger partial charge is 0.477 e. The maximum absolute atomic E-state index is 15.2. The van der Waals surface area contributed by atoms with Crippen LogP contribution in [0, 0.1) is 11.2 Å².